The van der Waals surface area contributed by atoms with Crippen LogP contribution in [0.15, 0.2) is 30.3 Å². The number of rotatable bonds is 8. The summed E-state index contributed by atoms with van der Waals surface area (Å²) in [7, 11) is 0. The smallest absolute Gasteiger partial charge is 0.323 e. The van der Waals surface area contributed by atoms with E-state index in [1.807, 2.05) is 18.2 Å². The predicted octanol–water partition coefficient (Wildman–Crippen LogP) is 2.13. The van der Waals surface area contributed by atoms with Crippen molar-refractivity contribution in [3.8, 4) is 0 Å². The van der Waals surface area contributed by atoms with Crippen LogP contribution in [-0.4, -0.2) is 36.1 Å². The number of amides is 1. The van der Waals surface area contributed by atoms with Gasteiger partial charge in [0.05, 0.1) is 0 Å². The zero-order valence-electron chi connectivity index (χ0n) is 12.9. The lowest BCUT2D eigenvalue weighted by atomic mass is 10.1. The standard InChI is InChI=1S/C16H24N2O3/c1-12(2)9-10-17-16(21)13(3)18(11-15(19)20)14-7-5-4-6-8-14/h4-8,12-13H,9-11H2,1-3H3,(H,17,21)(H,19,20). The fraction of sp³-hybridized carbons (Fsp3) is 0.500. The Labute approximate surface area is 126 Å². The maximum absolute atomic E-state index is 12.2. The number of benzene rings is 1. The molecule has 0 fully saturated rings. The molecule has 5 nitrogen and oxygen atoms in total. The second-order valence-electron chi connectivity index (χ2n) is 5.51. The van der Waals surface area contributed by atoms with Crippen molar-refractivity contribution in [3.05, 3.63) is 30.3 Å². The Balaban J connectivity index is 2.73. The van der Waals surface area contributed by atoms with Gasteiger partial charge in [-0.25, -0.2) is 0 Å². The molecule has 0 saturated heterocycles. The molecule has 1 unspecified atom stereocenters. The second-order valence-corrected chi connectivity index (χ2v) is 5.51. The molecule has 1 aromatic carbocycles. The summed E-state index contributed by atoms with van der Waals surface area (Å²) in [6.07, 6.45) is 0.905. The minimum Gasteiger partial charge on any atom is -0.480 e. The van der Waals surface area contributed by atoms with Gasteiger partial charge in [0, 0.05) is 12.2 Å². The molecule has 0 bridgehead atoms. The summed E-state index contributed by atoms with van der Waals surface area (Å²) in [5.41, 5.74) is 0.728. The third-order valence-corrected chi connectivity index (χ3v) is 3.26. The summed E-state index contributed by atoms with van der Waals surface area (Å²) in [6, 6.07) is 8.59. The number of carbonyl (C=O) groups is 2. The summed E-state index contributed by atoms with van der Waals surface area (Å²) < 4.78 is 0. The fourth-order valence-electron chi connectivity index (χ4n) is 1.99. The highest BCUT2D eigenvalue weighted by atomic mass is 16.4. The normalized spacial score (nSPS) is 12.0. The minimum atomic E-state index is -0.958. The lowest BCUT2D eigenvalue weighted by Gasteiger charge is -2.29. The van der Waals surface area contributed by atoms with Crippen molar-refractivity contribution in [2.75, 3.05) is 18.0 Å². The van der Waals surface area contributed by atoms with Crippen LogP contribution in [0.2, 0.25) is 0 Å². The Hall–Kier alpha value is -2.04. The van der Waals surface area contributed by atoms with Crippen LogP contribution in [0.4, 0.5) is 5.69 Å². The van der Waals surface area contributed by atoms with Crippen molar-refractivity contribution in [2.45, 2.75) is 33.2 Å². The van der Waals surface area contributed by atoms with Crippen LogP contribution in [-0.2, 0) is 9.59 Å². The molecule has 2 N–H and O–H groups in total. The van der Waals surface area contributed by atoms with Crippen LogP contribution in [0.5, 0.6) is 0 Å². The third-order valence-electron chi connectivity index (χ3n) is 3.26. The van der Waals surface area contributed by atoms with E-state index >= 15 is 0 Å². The topological polar surface area (TPSA) is 69.6 Å². The Morgan fingerprint density at radius 1 is 1.19 bits per heavy atom. The summed E-state index contributed by atoms with van der Waals surface area (Å²) in [6.45, 7) is 6.31. The highest BCUT2D eigenvalue weighted by Crippen LogP contribution is 2.16. The number of hydrogen-bond acceptors (Lipinski definition) is 3. The molecule has 0 aromatic heterocycles. The van der Waals surface area contributed by atoms with Crippen LogP contribution in [0.25, 0.3) is 0 Å². The number of nitrogens with zero attached hydrogens (tertiary/aromatic N) is 1. The number of anilines is 1. The second kappa shape index (κ2) is 8.29. The molecule has 1 rings (SSSR count). The van der Waals surface area contributed by atoms with Gasteiger partial charge in [-0.15, -0.1) is 0 Å². The summed E-state index contributed by atoms with van der Waals surface area (Å²) in [5.74, 6) is -0.591. The molecule has 0 aliphatic carbocycles. The maximum Gasteiger partial charge on any atom is 0.323 e. The first-order valence-corrected chi connectivity index (χ1v) is 7.23. The van der Waals surface area contributed by atoms with Crippen LogP contribution < -0.4 is 10.2 Å². The highest BCUT2D eigenvalue weighted by Gasteiger charge is 2.23. The molecular formula is C16H24N2O3. The van der Waals surface area contributed by atoms with Crippen LogP contribution >= 0.6 is 0 Å². The summed E-state index contributed by atoms with van der Waals surface area (Å²) in [4.78, 5) is 24.8. The van der Waals surface area contributed by atoms with E-state index < -0.39 is 12.0 Å². The van der Waals surface area contributed by atoms with Gasteiger partial charge in [-0.05, 0) is 31.4 Å². The zero-order chi connectivity index (χ0) is 15.8. The van der Waals surface area contributed by atoms with Crippen molar-refractivity contribution >= 4 is 17.6 Å². The van der Waals surface area contributed by atoms with Gasteiger partial charge in [0.2, 0.25) is 5.91 Å². The zero-order valence-corrected chi connectivity index (χ0v) is 12.9. The number of nitrogens with one attached hydrogen (secondary N) is 1. The lowest BCUT2D eigenvalue weighted by Crippen LogP contribution is -2.47. The molecule has 0 radical (unpaired) electrons. The molecule has 0 spiro atoms. The van der Waals surface area contributed by atoms with E-state index in [2.05, 4.69) is 19.2 Å². The number of aliphatic carboxylic acids is 1. The van der Waals surface area contributed by atoms with Gasteiger partial charge >= 0.3 is 5.97 Å². The van der Waals surface area contributed by atoms with E-state index in [0.29, 0.717) is 12.5 Å². The monoisotopic (exact) mass is 292 g/mol. The van der Waals surface area contributed by atoms with Gasteiger partial charge in [0.1, 0.15) is 12.6 Å². The van der Waals surface area contributed by atoms with E-state index in [4.69, 9.17) is 5.11 Å². The molecule has 1 atom stereocenters. The Bertz CT molecular complexity index is 460. The first kappa shape index (κ1) is 17.0. The number of carboxylic acid groups (broad SMARTS) is 1. The Morgan fingerprint density at radius 2 is 1.81 bits per heavy atom. The average Bonchev–Trinajstić information content (AvgIpc) is 2.44. The van der Waals surface area contributed by atoms with Gasteiger partial charge in [0.15, 0.2) is 0 Å². The molecule has 0 aliphatic rings. The molecule has 0 aliphatic heterocycles. The first-order chi connectivity index (χ1) is 9.91. The van der Waals surface area contributed by atoms with Gasteiger partial charge < -0.3 is 15.3 Å². The van der Waals surface area contributed by atoms with E-state index in [1.165, 1.54) is 0 Å². The van der Waals surface area contributed by atoms with Crippen molar-refractivity contribution in [2.24, 2.45) is 5.92 Å². The van der Waals surface area contributed by atoms with Gasteiger partial charge in [-0.1, -0.05) is 32.0 Å². The van der Waals surface area contributed by atoms with Gasteiger partial charge in [0.25, 0.3) is 0 Å². The molecular weight excluding hydrogens is 268 g/mol. The summed E-state index contributed by atoms with van der Waals surface area (Å²) in [5, 5.41) is 11.9. The number of carboxylic acids is 1. The lowest BCUT2D eigenvalue weighted by molar-refractivity contribution is -0.135. The van der Waals surface area contributed by atoms with Crippen LogP contribution in [0.1, 0.15) is 27.2 Å². The van der Waals surface area contributed by atoms with Crippen molar-refractivity contribution < 1.29 is 14.7 Å². The van der Waals surface area contributed by atoms with E-state index in [-0.39, 0.29) is 12.5 Å². The largest absolute Gasteiger partial charge is 0.480 e. The number of hydrogen-bond donors (Lipinski definition) is 2. The minimum absolute atomic E-state index is 0.152. The highest BCUT2D eigenvalue weighted by molar-refractivity contribution is 5.87. The fourth-order valence-corrected chi connectivity index (χ4v) is 1.99. The SMILES string of the molecule is CC(C)CCNC(=O)C(C)N(CC(=O)O)c1ccccc1. The Kier molecular flexibility index (Phi) is 6.72. The third kappa shape index (κ3) is 5.85. The quantitative estimate of drug-likeness (QED) is 0.770. The van der Waals surface area contributed by atoms with Crippen molar-refractivity contribution in [1.29, 1.82) is 0 Å². The predicted molar refractivity (Wildman–Crippen MR) is 83.4 cm³/mol. The summed E-state index contributed by atoms with van der Waals surface area (Å²) >= 11 is 0. The van der Waals surface area contributed by atoms with Gasteiger partial charge in [-0.3, -0.25) is 9.59 Å². The van der Waals surface area contributed by atoms with E-state index in [0.717, 1.165) is 12.1 Å². The van der Waals surface area contributed by atoms with E-state index in [9.17, 15) is 9.59 Å². The van der Waals surface area contributed by atoms with Crippen LogP contribution in [0, 0.1) is 5.92 Å². The van der Waals surface area contributed by atoms with Gasteiger partial charge in [-0.2, -0.15) is 0 Å². The van der Waals surface area contributed by atoms with E-state index in [1.54, 1.807) is 24.0 Å². The number of carbonyl (C=O) groups excluding carboxylic acids is 1. The molecule has 1 amide bonds. The molecule has 0 saturated carbocycles. The van der Waals surface area contributed by atoms with Crippen molar-refractivity contribution in [1.82, 2.24) is 5.32 Å². The molecule has 0 heterocycles. The average molecular weight is 292 g/mol. The molecule has 1 aromatic rings. The molecule has 116 valence electrons. The van der Waals surface area contributed by atoms with Crippen molar-refractivity contribution in [3.63, 3.8) is 0 Å². The maximum atomic E-state index is 12.2. The first-order valence-electron chi connectivity index (χ1n) is 7.23. The molecule has 5 heteroatoms. The number of para-hydroxylation sites is 1. The van der Waals surface area contributed by atoms with Crippen LogP contribution in [0.3, 0.4) is 0 Å². The molecule has 21 heavy (non-hydrogen) atoms. The Morgan fingerprint density at radius 3 is 2.33 bits per heavy atom.